The second kappa shape index (κ2) is 8.14. The molecule has 0 amide bonds. The van der Waals surface area contributed by atoms with Crippen LogP contribution in [-0.2, 0) is 22.1 Å². The van der Waals surface area contributed by atoms with E-state index in [1.165, 1.54) is 11.3 Å². The van der Waals surface area contributed by atoms with Gasteiger partial charge in [0.25, 0.3) is 0 Å². The Labute approximate surface area is 144 Å². The van der Waals surface area contributed by atoms with Crippen molar-refractivity contribution in [3.05, 3.63) is 33.7 Å². The maximum Gasteiger partial charge on any atom is 0.469 e. The van der Waals surface area contributed by atoms with Crippen molar-refractivity contribution >= 4 is 37.4 Å². The minimum absolute atomic E-state index is 0. The molecule has 0 saturated heterocycles. The van der Waals surface area contributed by atoms with E-state index in [-0.39, 0.29) is 19.0 Å². The molecule has 0 spiro atoms. The van der Waals surface area contributed by atoms with Crippen LogP contribution >= 0.6 is 31.6 Å². The van der Waals surface area contributed by atoms with Crippen LogP contribution in [-0.4, -0.2) is 26.4 Å². The number of phosphoric acid groups is 1. The van der Waals surface area contributed by atoms with Crippen molar-refractivity contribution in [2.24, 2.45) is 0 Å². The zero-order valence-electron chi connectivity index (χ0n) is 12.7. The van der Waals surface area contributed by atoms with E-state index in [0.29, 0.717) is 24.6 Å². The zero-order valence-corrected chi connectivity index (χ0v) is 15.2. The molecule has 2 rings (SSSR count). The van der Waals surface area contributed by atoms with Gasteiger partial charge in [0.1, 0.15) is 11.6 Å². The molecule has 0 aromatic carbocycles. The molecule has 0 radical (unpaired) electrons. The number of hydrogen-bond donors (Lipinski definition) is 3. The second-order valence-electron chi connectivity index (χ2n) is 4.76. The van der Waals surface area contributed by atoms with E-state index in [0.717, 1.165) is 16.1 Å². The molecule has 0 saturated carbocycles. The summed E-state index contributed by atoms with van der Waals surface area (Å²) >= 11 is 1.50. The van der Waals surface area contributed by atoms with Gasteiger partial charge >= 0.3 is 7.82 Å². The molecular formula is C12H19ClN4O4PS+. The first kappa shape index (κ1) is 20.0. The number of nitrogens with two attached hydrogens (primary N) is 1. The van der Waals surface area contributed by atoms with Crippen molar-refractivity contribution in [2.75, 3.05) is 12.3 Å². The minimum atomic E-state index is -4.41. The van der Waals surface area contributed by atoms with E-state index < -0.39 is 7.82 Å². The molecule has 8 nitrogen and oxygen atoms in total. The van der Waals surface area contributed by atoms with Gasteiger partial charge in [0.15, 0.2) is 12.2 Å². The number of rotatable bonds is 6. The lowest BCUT2D eigenvalue weighted by Crippen LogP contribution is -2.35. The molecule has 2 aromatic heterocycles. The van der Waals surface area contributed by atoms with Gasteiger partial charge in [-0.25, -0.2) is 14.5 Å². The first-order valence-electron chi connectivity index (χ1n) is 6.51. The Bertz CT molecular complexity index is 721. The number of nitrogen functional groups attached to an aromatic ring is 1. The summed E-state index contributed by atoms with van der Waals surface area (Å²) in [5.74, 6) is 1.08. The van der Waals surface area contributed by atoms with Gasteiger partial charge in [0.05, 0.1) is 17.0 Å². The summed E-state index contributed by atoms with van der Waals surface area (Å²) in [6.07, 6.45) is 2.15. The van der Waals surface area contributed by atoms with Crippen LogP contribution in [0.5, 0.6) is 0 Å². The summed E-state index contributed by atoms with van der Waals surface area (Å²) in [4.78, 5) is 26.6. The number of hydrogen-bond acceptors (Lipinski definition) is 6. The number of aromatic nitrogens is 3. The summed E-state index contributed by atoms with van der Waals surface area (Å²) in [5.41, 5.74) is 9.65. The third-order valence-electron chi connectivity index (χ3n) is 3.10. The molecule has 0 fully saturated rings. The summed E-state index contributed by atoms with van der Waals surface area (Å²) in [7, 11) is -4.41. The lowest BCUT2D eigenvalue weighted by Gasteiger charge is -2.04. The molecular weight excluding hydrogens is 363 g/mol. The lowest BCUT2D eigenvalue weighted by atomic mass is 10.2. The van der Waals surface area contributed by atoms with Crippen molar-refractivity contribution in [2.45, 2.75) is 26.8 Å². The SMILES string of the molecule is Cc1ncc(C[n+]2csc(CCOP(=O)(O)O)c2C)c(N)n1.Cl. The van der Waals surface area contributed by atoms with Crippen LogP contribution in [0.3, 0.4) is 0 Å². The first-order valence-corrected chi connectivity index (χ1v) is 8.92. The van der Waals surface area contributed by atoms with Crippen LogP contribution in [0.15, 0.2) is 11.7 Å². The molecule has 0 unspecified atom stereocenters. The molecule has 0 aliphatic rings. The minimum Gasteiger partial charge on any atom is -0.383 e. The summed E-state index contributed by atoms with van der Waals surface area (Å²) in [6.45, 7) is 4.24. The van der Waals surface area contributed by atoms with E-state index in [1.54, 1.807) is 13.1 Å². The molecule has 11 heteroatoms. The van der Waals surface area contributed by atoms with Gasteiger partial charge in [-0.2, -0.15) is 4.57 Å². The Balaban J connectivity index is 0.00000264. The lowest BCUT2D eigenvalue weighted by molar-refractivity contribution is -0.689. The van der Waals surface area contributed by atoms with Gasteiger partial charge in [0, 0.05) is 19.5 Å². The average Bonchev–Trinajstić information content (AvgIpc) is 2.73. The molecule has 0 bridgehead atoms. The van der Waals surface area contributed by atoms with Crippen molar-refractivity contribution in [3.63, 3.8) is 0 Å². The van der Waals surface area contributed by atoms with Crippen molar-refractivity contribution < 1.29 is 23.4 Å². The fourth-order valence-electron chi connectivity index (χ4n) is 1.92. The maximum atomic E-state index is 10.7. The predicted octanol–water partition coefficient (Wildman–Crippen LogP) is 1.15. The van der Waals surface area contributed by atoms with Crippen LogP contribution in [0.25, 0.3) is 0 Å². The zero-order chi connectivity index (χ0) is 16.3. The fourth-order valence-corrected chi connectivity index (χ4v) is 3.23. The quantitative estimate of drug-likeness (QED) is 0.506. The van der Waals surface area contributed by atoms with E-state index in [9.17, 15) is 4.57 Å². The topological polar surface area (TPSA) is 122 Å². The highest BCUT2D eigenvalue weighted by Gasteiger charge is 2.19. The highest BCUT2D eigenvalue weighted by Crippen LogP contribution is 2.35. The molecule has 128 valence electrons. The van der Waals surface area contributed by atoms with Crippen molar-refractivity contribution in [1.82, 2.24) is 9.97 Å². The molecule has 2 heterocycles. The standard InChI is InChI=1S/C12H17N4O4PS.ClH/c1-8-11(3-4-20-21(17,18)19)22-7-16(8)6-10-5-14-9(2)15-12(10)13;/h5,7H,3-4,6H2,1-2H3,(H3-,13,14,15,17,18,19);1H/p+1. The van der Waals surface area contributed by atoms with Gasteiger partial charge < -0.3 is 15.5 Å². The molecule has 0 atom stereocenters. The number of phosphoric ester groups is 1. The normalized spacial score (nSPS) is 11.3. The fraction of sp³-hybridized carbons (Fsp3) is 0.417. The van der Waals surface area contributed by atoms with Crippen LogP contribution in [0.1, 0.15) is 22.0 Å². The third kappa shape index (κ3) is 5.80. The molecule has 23 heavy (non-hydrogen) atoms. The maximum absolute atomic E-state index is 10.7. The Morgan fingerprint density at radius 3 is 2.74 bits per heavy atom. The number of nitrogens with zero attached hydrogens (tertiary/aromatic N) is 3. The van der Waals surface area contributed by atoms with Gasteiger partial charge in [-0.05, 0) is 6.92 Å². The molecule has 0 aliphatic heterocycles. The summed E-state index contributed by atoms with van der Waals surface area (Å²) in [5, 5.41) is 0. The number of halogens is 1. The average molecular weight is 382 g/mol. The number of thiazole rings is 1. The van der Waals surface area contributed by atoms with Gasteiger partial charge in [-0.3, -0.25) is 4.52 Å². The highest BCUT2D eigenvalue weighted by molar-refractivity contribution is 7.46. The first-order chi connectivity index (χ1) is 10.3. The van der Waals surface area contributed by atoms with Crippen LogP contribution < -0.4 is 10.3 Å². The Hall–Kier alpha value is -1.09. The Morgan fingerprint density at radius 1 is 1.43 bits per heavy atom. The smallest absolute Gasteiger partial charge is 0.383 e. The summed E-state index contributed by atoms with van der Waals surface area (Å²) < 4.78 is 17.1. The number of anilines is 1. The van der Waals surface area contributed by atoms with E-state index in [2.05, 4.69) is 14.5 Å². The van der Waals surface area contributed by atoms with Crippen LogP contribution in [0.4, 0.5) is 5.82 Å². The number of aryl methyl sites for hydroxylation is 1. The van der Waals surface area contributed by atoms with E-state index in [1.807, 2.05) is 17.0 Å². The molecule has 2 aromatic rings. The van der Waals surface area contributed by atoms with Gasteiger partial charge in [0.2, 0.25) is 5.51 Å². The molecule has 4 N–H and O–H groups in total. The van der Waals surface area contributed by atoms with E-state index in [4.69, 9.17) is 15.5 Å². The highest BCUT2D eigenvalue weighted by atomic mass is 35.5. The summed E-state index contributed by atoms with van der Waals surface area (Å²) in [6, 6.07) is 0. The largest absolute Gasteiger partial charge is 0.469 e. The molecule has 0 aliphatic carbocycles. The van der Waals surface area contributed by atoms with Crippen LogP contribution in [0, 0.1) is 13.8 Å². The monoisotopic (exact) mass is 381 g/mol. The second-order valence-corrected chi connectivity index (χ2v) is 6.94. The van der Waals surface area contributed by atoms with E-state index >= 15 is 0 Å². The van der Waals surface area contributed by atoms with Gasteiger partial charge in [-0.1, -0.05) is 11.3 Å². The Morgan fingerprint density at radius 2 is 2.13 bits per heavy atom. The van der Waals surface area contributed by atoms with Gasteiger partial charge in [-0.15, -0.1) is 12.4 Å². The van der Waals surface area contributed by atoms with Crippen LogP contribution in [0.2, 0.25) is 0 Å². The van der Waals surface area contributed by atoms with Crippen molar-refractivity contribution in [1.29, 1.82) is 0 Å². The van der Waals surface area contributed by atoms with Crippen molar-refractivity contribution in [3.8, 4) is 0 Å². The third-order valence-corrected chi connectivity index (χ3v) is 4.77. The predicted molar refractivity (Wildman–Crippen MR) is 88.5 cm³/mol. The Kier molecular flexibility index (Phi) is 7.06.